The lowest BCUT2D eigenvalue weighted by atomic mass is 9.73. The van der Waals surface area contributed by atoms with Gasteiger partial charge in [0.1, 0.15) is 11.4 Å². The normalized spacial score (nSPS) is 26.8. The van der Waals surface area contributed by atoms with Crippen molar-refractivity contribution in [2.24, 2.45) is 5.92 Å². The summed E-state index contributed by atoms with van der Waals surface area (Å²) < 4.78 is 16.0. The average Bonchev–Trinajstić information content (AvgIpc) is 3.51. The van der Waals surface area contributed by atoms with Crippen LogP contribution in [0.5, 0.6) is 0 Å². The molecule has 3 aromatic carbocycles. The Morgan fingerprint density at radius 3 is 2.54 bits per heavy atom. The second kappa shape index (κ2) is 9.54. The number of carbonyl (C=O) groups excluding carboxylic acids is 2. The van der Waals surface area contributed by atoms with Crippen LogP contribution in [0.4, 0.5) is 10.1 Å². The Labute approximate surface area is 245 Å². The van der Waals surface area contributed by atoms with Crippen molar-refractivity contribution < 1.29 is 23.9 Å². The molecule has 7 rings (SSSR count). The minimum Gasteiger partial charge on any atom is -0.478 e. The van der Waals surface area contributed by atoms with E-state index in [1.54, 1.807) is 35.2 Å². The largest absolute Gasteiger partial charge is 0.478 e. The van der Waals surface area contributed by atoms with Crippen molar-refractivity contribution in [2.45, 2.75) is 42.8 Å². The Hall–Kier alpha value is -3.46. The monoisotopic (exact) mass is 593 g/mol. The number of halogens is 3. The molecule has 2 N–H and O–H groups in total. The van der Waals surface area contributed by atoms with Crippen molar-refractivity contribution in [3.63, 3.8) is 0 Å². The molecule has 2 amide bonds. The van der Waals surface area contributed by atoms with E-state index in [0.29, 0.717) is 41.7 Å². The van der Waals surface area contributed by atoms with E-state index in [4.69, 9.17) is 23.2 Å². The zero-order valence-electron chi connectivity index (χ0n) is 21.8. The third-order valence-electron chi connectivity index (χ3n) is 9.14. The lowest BCUT2D eigenvalue weighted by molar-refractivity contribution is -0.128. The lowest BCUT2D eigenvalue weighted by Crippen LogP contribution is -2.53. The van der Waals surface area contributed by atoms with Gasteiger partial charge in [-0.1, -0.05) is 47.5 Å². The smallest absolute Gasteiger partial charge is 0.335 e. The lowest BCUT2D eigenvalue weighted by Gasteiger charge is -2.41. The summed E-state index contributed by atoms with van der Waals surface area (Å²) in [5.74, 6) is -2.78. The van der Waals surface area contributed by atoms with Crippen molar-refractivity contribution in [2.75, 3.05) is 18.4 Å². The molecule has 10 heteroatoms. The summed E-state index contributed by atoms with van der Waals surface area (Å²) in [7, 11) is 0. The number of carbonyl (C=O) groups is 3. The van der Waals surface area contributed by atoms with Crippen LogP contribution >= 0.6 is 23.2 Å². The first-order valence-corrected chi connectivity index (χ1v) is 14.4. The standard InChI is InChI=1S/C31H26Cl2FN3O4/c32-19-9-10-21-23(14-19)35-30(41)31(21)25(20-5-2-6-22(33)26(20)34)27-24(37(31)15-16-7-8-16)11-12-36(27)28(38)17-3-1-4-18(13-17)29(39)40/h1-6,9-10,13-14,16,24-25,27H,7-8,11-12,15H2,(H,35,41)(H,39,40). The molecule has 4 atom stereocenters. The third kappa shape index (κ3) is 3.91. The molecular formula is C31H26Cl2FN3O4. The van der Waals surface area contributed by atoms with Crippen molar-refractivity contribution >= 4 is 46.7 Å². The van der Waals surface area contributed by atoms with E-state index >= 15 is 4.39 Å². The number of hydrogen-bond acceptors (Lipinski definition) is 4. The van der Waals surface area contributed by atoms with E-state index in [1.165, 1.54) is 24.3 Å². The first kappa shape index (κ1) is 26.4. The van der Waals surface area contributed by atoms with Crippen LogP contribution in [0.2, 0.25) is 10.0 Å². The van der Waals surface area contributed by atoms with E-state index in [2.05, 4.69) is 10.2 Å². The molecule has 3 heterocycles. The minimum atomic E-state index is -1.30. The van der Waals surface area contributed by atoms with E-state index in [0.717, 1.165) is 12.8 Å². The number of nitrogens with one attached hydrogen (secondary N) is 1. The highest BCUT2D eigenvalue weighted by Gasteiger charge is 2.70. The maximum Gasteiger partial charge on any atom is 0.335 e. The van der Waals surface area contributed by atoms with E-state index in [1.807, 2.05) is 6.07 Å². The summed E-state index contributed by atoms with van der Waals surface area (Å²) >= 11 is 12.6. The summed E-state index contributed by atoms with van der Waals surface area (Å²) in [6, 6.07) is 15.2. The van der Waals surface area contributed by atoms with Crippen LogP contribution in [0.25, 0.3) is 0 Å². The molecule has 0 bridgehead atoms. The first-order chi connectivity index (χ1) is 19.7. The number of nitrogens with zero attached hydrogens (tertiary/aromatic N) is 2. The number of fused-ring (bicyclic) bond motifs is 3. The molecule has 0 radical (unpaired) electrons. The van der Waals surface area contributed by atoms with Gasteiger partial charge in [0.2, 0.25) is 5.91 Å². The summed E-state index contributed by atoms with van der Waals surface area (Å²) in [5, 5.41) is 12.9. The zero-order chi connectivity index (χ0) is 28.6. The zero-order valence-corrected chi connectivity index (χ0v) is 23.3. The molecule has 2 saturated heterocycles. The molecule has 210 valence electrons. The Morgan fingerprint density at radius 2 is 1.78 bits per heavy atom. The molecule has 4 aliphatic rings. The van der Waals surface area contributed by atoms with Gasteiger partial charge in [0.05, 0.1) is 16.6 Å². The van der Waals surface area contributed by atoms with Gasteiger partial charge in [-0.05, 0) is 67.1 Å². The highest BCUT2D eigenvalue weighted by Crippen LogP contribution is 2.61. The third-order valence-corrected chi connectivity index (χ3v) is 9.66. The second-order valence-corrected chi connectivity index (χ2v) is 12.2. The van der Waals surface area contributed by atoms with Gasteiger partial charge in [-0.15, -0.1) is 0 Å². The average molecular weight is 594 g/mol. The quantitative estimate of drug-likeness (QED) is 0.392. The number of likely N-dealkylation sites (tertiary alicyclic amines) is 2. The SMILES string of the molecule is O=C(O)c1cccc(C(=O)N2CCC3C2C(c2cccc(Cl)c2F)C2(C(=O)Nc4cc(Cl)ccc42)N3CC2CC2)c1. The Balaban J connectivity index is 1.44. The molecule has 1 saturated carbocycles. The molecule has 3 aromatic rings. The number of carboxylic acid groups (broad SMARTS) is 1. The molecule has 4 unspecified atom stereocenters. The number of anilines is 1. The van der Waals surface area contributed by atoms with Crippen LogP contribution in [-0.4, -0.2) is 57.9 Å². The molecule has 41 heavy (non-hydrogen) atoms. The van der Waals surface area contributed by atoms with Crippen LogP contribution in [0.3, 0.4) is 0 Å². The van der Waals surface area contributed by atoms with Gasteiger partial charge in [0.15, 0.2) is 0 Å². The van der Waals surface area contributed by atoms with Gasteiger partial charge in [-0.25, -0.2) is 9.18 Å². The molecule has 3 aliphatic heterocycles. The minimum absolute atomic E-state index is 0.00302. The number of carboxylic acids is 1. The maximum atomic E-state index is 16.0. The fourth-order valence-corrected chi connectivity index (χ4v) is 7.68. The van der Waals surface area contributed by atoms with Crippen LogP contribution < -0.4 is 5.32 Å². The summed E-state index contributed by atoms with van der Waals surface area (Å²) in [4.78, 5) is 44.0. The van der Waals surface area contributed by atoms with Gasteiger partial charge >= 0.3 is 5.97 Å². The molecule has 0 aromatic heterocycles. The van der Waals surface area contributed by atoms with Gasteiger partial charge in [0, 0.05) is 46.9 Å². The number of aromatic carboxylic acids is 1. The fourth-order valence-electron chi connectivity index (χ4n) is 7.33. The van der Waals surface area contributed by atoms with Crippen molar-refractivity contribution in [3.8, 4) is 0 Å². The molecule has 1 aliphatic carbocycles. The van der Waals surface area contributed by atoms with E-state index in [-0.39, 0.29) is 39.6 Å². The predicted molar refractivity (Wildman–Crippen MR) is 152 cm³/mol. The van der Waals surface area contributed by atoms with Crippen LogP contribution in [-0.2, 0) is 10.3 Å². The number of hydrogen-bond donors (Lipinski definition) is 2. The summed E-state index contributed by atoms with van der Waals surface area (Å²) in [6.07, 6.45) is 2.66. The number of amides is 2. The second-order valence-electron chi connectivity index (χ2n) is 11.4. The maximum absolute atomic E-state index is 16.0. The van der Waals surface area contributed by atoms with Gasteiger partial charge < -0.3 is 15.3 Å². The van der Waals surface area contributed by atoms with Gasteiger partial charge in [0.25, 0.3) is 5.91 Å². The van der Waals surface area contributed by atoms with Crippen molar-refractivity contribution in [1.29, 1.82) is 0 Å². The molecular weight excluding hydrogens is 568 g/mol. The number of rotatable bonds is 5. The Kier molecular flexibility index (Phi) is 6.15. The number of benzene rings is 3. The highest BCUT2D eigenvalue weighted by atomic mass is 35.5. The molecule has 7 nitrogen and oxygen atoms in total. The topological polar surface area (TPSA) is 90.0 Å². The van der Waals surface area contributed by atoms with Crippen molar-refractivity contribution in [1.82, 2.24) is 9.80 Å². The van der Waals surface area contributed by atoms with Crippen LogP contribution in [0.1, 0.15) is 57.0 Å². The van der Waals surface area contributed by atoms with Gasteiger partial charge in [-0.3, -0.25) is 14.5 Å². The highest BCUT2D eigenvalue weighted by molar-refractivity contribution is 6.31. The van der Waals surface area contributed by atoms with E-state index < -0.39 is 29.3 Å². The first-order valence-electron chi connectivity index (χ1n) is 13.7. The Bertz CT molecular complexity index is 1630. The molecule has 1 spiro atoms. The van der Waals surface area contributed by atoms with Crippen LogP contribution in [0, 0.1) is 11.7 Å². The van der Waals surface area contributed by atoms with Gasteiger partial charge in [-0.2, -0.15) is 0 Å². The van der Waals surface area contributed by atoms with Crippen molar-refractivity contribution in [3.05, 3.63) is 98.8 Å². The summed E-state index contributed by atoms with van der Waals surface area (Å²) in [5.41, 5.74) is 0.472. The summed E-state index contributed by atoms with van der Waals surface area (Å²) in [6.45, 7) is 1.02. The molecule has 3 fully saturated rings. The fraction of sp³-hybridized carbons (Fsp3) is 0.323. The Morgan fingerprint density at radius 1 is 1.02 bits per heavy atom. The van der Waals surface area contributed by atoms with E-state index in [9.17, 15) is 19.5 Å². The predicted octanol–water partition coefficient (Wildman–Crippen LogP) is 5.77. The van der Waals surface area contributed by atoms with Crippen LogP contribution in [0.15, 0.2) is 60.7 Å².